The summed E-state index contributed by atoms with van der Waals surface area (Å²) in [6, 6.07) is 18.2. The van der Waals surface area contributed by atoms with Crippen LogP contribution in [-0.4, -0.2) is 26.1 Å². The van der Waals surface area contributed by atoms with Gasteiger partial charge in [0.2, 0.25) is 0 Å². The first-order valence-electron chi connectivity index (χ1n) is 8.18. The zero-order chi connectivity index (χ0) is 16.9. The maximum Gasteiger partial charge on any atom is 0.119 e. The minimum atomic E-state index is 0.606. The third-order valence-corrected chi connectivity index (χ3v) is 4.01. The molecule has 0 saturated heterocycles. The van der Waals surface area contributed by atoms with Gasteiger partial charge in [-0.1, -0.05) is 30.3 Å². The number of benzene rings is 2. The Hall–Kier alpha value is -3.34. The number of ether oxygens (including phenoxy) is 1. The third kappa shape index (κ3) is 3.45. The van der Waals surface area contributed by atoms with Crippen LogP contribution in [-0.2, 0) is 6.54 Å². The largest absolute Gasteiger partial charge is 0.492 e. The molecule has 5 nitrogen and oxygen atoms in total. The van der Waals surface area contributed by atoms with Gasteiger partial charge in [-0.2, -0.15) is 0 Å². The highest BCUT2D eigenvalue weighted by Gasteiger charge is 2.10. The molecule has 25 heavy (non-hydrogen) atoms. The SMILES string of the molecule is c1ccc(-c2nc[nH]c2-c2ccc(OCCn3ccnc3)cc2)cc1. The molecular formula is C20H18N4O. The zero-order valence-corrected chi connectivity index (χ0v) is 13.7. The Morgan fingerprint density at radius 2 is 1.80 bits per heavy atom. The Labute approximate surface area is 146 Å². The lowest BCUT2D eigenvalue weighted by atomic mass is 10.1. The molecule has 0 fully saturated rings. The van der Waals surface area contributed by atoms with Gasteiger partial charge < -0.3 is 14.3 Å². The first-order chi connectivity index (χ1) is 12.4. The number of imidazole rings is 2. The lowest BCUT2D eigenvalue weighted by Crippen LogP contribution is -2.06. The second-order valence-electron chi connectivity index (χ2n) is 5.67. The van der Waals surface area contributed by atoms with Gasteiger partial charge in [0, 0.05) is 23.5 Å². The van der Waals surface area contributed by atoms with Crippen molar-refractivity contribution >= 4 is 0 Å². The maximum atomic E-state index is 5.79. The van der Waals surface area contributed by atoms with Crippen molar-refractivity contribution in [2.75, 3.05) is 6.61 Å². The topological polar surface area (TPSA) is 55.7 Å². The molecule has 2 aromatic carbocycles. The van der Waals surface area contributed by atoms with Crippen LogP contribution in [0.1, 0.15) is 0 Å². The fraction of sp³-hybridized carbons (Fsp3) is 0.100. The summed E-state index contributed by atoms with van der Waals surface area (Å²) in [7, 11) is 0. The Balaban J connectivity index is 1.47. The Morgan fingerprint density at radius 3 is 2.56 bits per heavy atom. The molecular weight excluding hydrogens is 312 g/mol. The zero-order valence-electron chi connectivity index (χ0n) is 13.7. The standard InChI is InChI=1S/C20H18N4O/c1-2-4-16(5-3-1)19-20(23-14-22-19)17-6-8-18(9-7-17)25-13-12-24-11-10-21-15-24/h1-11,14-15H,12-13H2,(H,22,23). The van der Waals surface area contributed by atoms with Crippen molar-refractivity contribution in [1.29, 1.82) is 0 Å². The summed E-state index contributed by atoms with van der Waals surface area (Å²) in [4.78, 5) is 11.7. The van der Waals surface area contributed by atoms with E-state index >= 15 is 0 Å². The van der Waals surface area contributed by atoms with Gasteiger partial charge >= 0.3 is 0 Å². The molecule has 0 bridgehead atoms. The van der Waals surface area contributed by atoms with Gasteiger partial charge in [0.15, 0.2) is 0 Å². The van der Waals surface area contributed by atoms with E-state index in [-0.39, 0.29) is 0 Å². The van der Waals surface area contributed by atoms with Gasteiger partial charge in [0.05, 0.1) is 30.6 Å². The van der Waals surface area contributed by atoms with Gasteiger partial charge in [-0.3, -0.25) is 0 Å². The van der Waals surface area contributed by atoms with E-state index in [9.17, 15) is 0 Å². The second-order valence-corrected chi connectivity index (χ2v) is 5.67. The van der Waals surface area contributed by atoms with Crippen LogP contribution in [0.3, 0.4) is 0 Å². The van der Waals surface area contributed by atoms with Crippen LogP contribution >= 0.6 is 0 Å². The summed E-state index contributed by atoms with van der Waals surface area (Å²) in [6.07, 6.45) is 7.21. The van der Waals surface area contributed by atoms with Crippen LogP contribution < -0.4 is 4.74 Å². The number of hydrogen-bond acceptors (Lipinski definition) is 3. The van der Waals surface area contributed by atoms with Crippen molar-refractivity contribution in [3.8, 4) is 28.3 Å². The van der Waals surface area contributed by atoms with Gasteiger partial charge in [-0.15, -0.1) is 0 Å². The van der Waals surface area contributed by atoms with Crippen molar-refractivity contribution in [2.45, 2.75) is 6.54 Å². The Bertz CT molecular complexity index is 912. The van der Waals surface area contributed by atoms with E-state index in [1.54, 1.807) is 18.9 Å². The molecule has 1 N–H and O–H groups in total. The normalized spacial score (nSPS) is 10.7. The minimum Gasteiger partial charge on any atom is -0.492 e. The average Bonchev–Trinajstić information content (AvgIpc) is 3.35. The maximum absolute atomic E-state index is 5.79. The Kier molecular flexibility index (Phi) is 4.29. The predicted molar refractivity (Wildman–Crippen MR) is 97.2 cm³/mol. The van der Waals surface area contributed by atoms with E-state index in [0.29, 0.717) is 6.61 Å². The average molecular weight is 330 g/mol. The lowest BCUT2D eigenvalue weighted by Gasteiger charge is -2.08. The molecule has 0 radical (unpaired) electrons. The van der Waals surface area contributed by atoms with Crippen LogP contribution in [0.2, 0.25) is 0 Å². The highest BCUT2D eigenvalue weighted by molar-refractivity contribution is 5.78. The van der Waals surface area contributed by atoms with E-state index < -0.39 is 0 Å². The molecule has 0 spiro atoms. The number of nitrogens with zero attached hydrogens (tertiary/aromatic N) is 3. The third-order valence-electron chi connectivity index (χ3n) is 4.01. The molecule has 0 unspecified atom stereocenters. The summed E-state index contributed by atoms with van der Waals surface area (Å²) in [5.74, 6) is 0.852. The molecule has 124 valence electrons. The van der Waals surface area contributed by atoms with E-state index in [1.165, 1.54) is 0 Å². The van der Waals surface area contributed by atoms with Crippen LogP contribution in [0.15, 0.2) is 79.6 Å². The number of aromatic nitrogens is 4. The number of hydrogen-bond donors (Lipinski definition) is 1. The van der Waals surface area contributed by atoms with Crippen molar-refractivity contribution in [2.24, 2.45) is 0 Å². The van der Waals surface area contributed by atoms with E-state index in [2.05, 4.69) is 27.1 Å². The molecule has 2 aromatic heterocycles. The van der Waals surface area contributed by atoms with Crippen molar-refractivity contribution in [3.63, 3.8) is 0 Å². The molecule has 0 aliphatic heterocycles. The molecule has 0 aliphatic carbocycles. The monoisotopic (exact) mass is 330 g/mol. The van der Waals surface area contributed by atoms with E-state index in [0.717, 1.165) is 34.8 Å². The van der Waals surface area contributed by atoms with Gasteiger partial charge in [0.1, 0.15) is 12.4 Å². The van der Waals surface area contributed by atoms with Crippen molar-refractivity contribution < 1.29 is 4.74 Å². The number of rotatable bonds is 6. The minimum absolute atomic E-state index is 0.606. The summed E-state index contributed by atoms with van der Waals surface area (Å²) >= 11 is 0. The Morgan fingerprint density at radius 1 is 0.960 bits per heavy atom. The van der Waals surface area contributed by atoms with Crippen LogP contribution in [0.4, 0.5) is 0 Å². The number of nitrogens with one attached hydrogen (secondary N) is 1. The van der Waals surface area contributed by atoms with Crippen LogP contribution in [0.5, 0.6) is 5.75 Å². The van der Waals surface area contributed by atoms with E-state index in [1.807, 2.05) is 53.2 Å². The predicted octanol–water partition coefficient (Wildman–Crippen LogP) is 4.02. The van der Waals surface area contributed by atoms with Gasteiger partial charge in [-0.05, 0) is 24.3 Å². The fourth-order valence-electron chi connectivity index (χ4n) is 2.73. The van der Waals surface area contributed by atoms with Crippen LogP contribution in [0.25, 0.3) is 22.5 Å². The molecule has 4 rings (SSSR count). The van der Waals surface area contributed by atoms with Crippen LogP contribution in [0, 0.1) is 0 Å². The quantitative estimate of drug-likeness (QED) is 0.581. The van der Waals surface area contributed by atoms with Crippen molar-refractivity contribution in [1.82, 2.24) is 19.5 Å². The smallest absolute Gasteiger partial charge is 0.119 e. The molecule has 0 aliphatic rings. The summed E-state index contributed by atoms with van der Waals surface area (Å²) in [5.41, 5.74) is 4.14. The molecule has 5 heteroatoms. The van der Waals surface area contributed by atoms with Gasteiger partial charge in [0.25, 0.3) is 0 Å². The highest BCUT2D eigenvalue weighted by atomic mass is 16.5. The highest BCUT2D eigenvalue weighted by Crippen LogP contribution is 2.29. The fourth-order valence-corrected chi connectivity index (χ4v) is 2.73. The first-order valence-corrected chi connectivity index (χ1v) is 8.18. The van der Waals surface area contributed by atoms with Gasteiger partial charge in [-0.25, -0.2) is 9.97 Å². The molecule has 0 saturated carbocycles. The summed E-state index contributed by atoms with van der Waals surface area (Å²) < 4.78 is 7.78. The van der Waals surface area contributed by atoms with Crippen molar-refractivity contribution in [3.05, 3.63) is 79.6 Å². The second kappa shape index (κ2) is 7.05. The summed E-state index contributed by atoms with van der Waals surface area (Å²) in [5, 5.41) is 0. The number of aromatic amines is 1. The summed E-state index contributed by atoms with van der Waals surface area (Å²) in [6.45, 7) is 1.38. The molecule has 2 heterocycles. The molecule has 0 atom stereocenters. The lowest BCUT2D eigenvalue weighted by molar-refractivity contribution is 0.298. The molecule has 4 aromatic rings. The molecule has 0 amide bonds. The first kappa shape index (κ1) is 15.2. The van der Waals surface area contributed by atoms with E-state index in [4.69, 9.17) is 4.74 Å². The number of H-pyrrole nitrogens is 1.